The summed E-state index contributed by atoms with van der Waals surface area (Å²) in [5.74, 6) is -0.470. The van der Waals surface area contributed by atoms with Crippen LogP contribution in [0.3, 0.4) is 0 Å². The minimum Gasteiger partial charge on any atom is -0.331 e. The highest BCUT2D eigenvalue weighted by Crippen LogP contribution is 2.29. The number of pyridine rings is 1. The molecule has 2 aliphatic heterocycles. The molecule has 1 saturated heterocycles. The predicted octanol–water partition coefficient (Wildman–Crippen LogP) is 2.44. The quantitative estimate of drug-likeness (QED) is 0.630. The van der Waals surface area contributed by atoms with Gasteiger partial charge in [-0.2, -0.15) is 0 Å². The first-order chi connectivity index (χ1) is 15.5. The van der Waals surface area contributed by atoms with E-state index >= 15 is 0 Å². The third kappa shape index (κ3) is 3.74. The third-order valence-electron chi connectivity index (χ3n) is 6.07. The molecule has 164 valence electrons. The van der Waals surface area contributed by atoms with Crippen LogP contribution < -0.4 is 4.90 Å². The van der Waals surface area contributed by atoms with E-state index in [2.05, 4.69) is 15.3 Å². The molecule has 8 nitrogen and oxygen atoms in total. The Kier molecular flexibility index (Phi) is 5.16. The van der Waals surface area contributed by atoms with Gasteiger partial charge < -0.3 is 9.80 Å². The Morgan fingerprint density at radius 1 is 1.16 bits per heavy atom. The summed E-state index contributed by atoms with van der Waals surface area (Å²) in [5.41, 5.74) is 3.50. The Labute approximate surface area is 184 Å². The molecule has 4 heterocycles. The highest BCUT2D eigenvalue weighted by molar-refractivity contribution is 6.05. The van der Waals surface area contributed by atoms with Gasteiger partial charge in [0.25, 0.3) is 11.8 Å². The van der Waals surface area contributed by atoms with Crippen molar-refractivity contribution in [1.29, 1.82) is 0 Å². The van der Waals surface area contributed by atoms with Crippen molar-refractivity contribution >= 4 is 17.5 Å². The van der Waals surface area contributed by atoms with Crippen LogP contribution in [0.2, 0.25) is 0 Å². The van der Waals surface area contributed by atoms with Crippen LogP contribution >= 0.6 is 0 Å². The maximum atomic E-state index is 14.2. The highest BCUT2D eigenvalue weighted by atomic mass is 19.1. The van der Waals surface area contributed by atoms with Crippen molar-refractivity contribution in [2.24, 2.45) is 0 Å². The molecule has 1 fully saturated rings. The van der Waals surface area contributed by atoms with Crippen LogP contribution in [0.25, 0.3) is 0 Å². The lowest BCUT2D eigenvalue weighted by Gasteiger charge is -2.24. The van der Waals surface area contributed by atoms with Crippen molar-refractivity contribution in [3.05, 3.63) is 71.3 Å². The number of carbonyl (C=O) groups is 2. The first-order valence-corrected chi connectivity index (χ1v) is 10.7. The van der Waals surface area contributed by atoms with Crippen LogP contribution in [0.5, 0.6) is 0 Å². The summed E-state index contributed by atoms with van der Waals surface area (Å²) in [6.45, 7) is 2.74. The maximum absolute atomic E-state index is 14.2. The highest BCUT2D eigenvalue weighted by Gasteiger charge is 2.36. The molecule has 0 spiro atoms. The number of benzene rings is 1. The van der Waals surface area contributed by atoms with E-state index in [0.29, 0.717) is 12.1 Å². The molecule has 32 heavy (non-hydrogen) atoms. The van der Waals surface area contributed by atoms with Crippen molar-refractivity contribution in [2.45, 2.75) is 38.5 Å². The summed E-state index contributed by atoms with van der Waals surface area (Å²) >= 11 is 0. The number of carbonyl (C=O) groups excluding carboxylic acids is 2. The summed E-state index contributed by atoms with van der Waals surface area (Å²) in [7, 11) is 0. The average Bonchev–Trinajstić information content (AvgIpc) is 3.52. The topological polar surface area (TPSA) is 84.2 Å². The lowest BCUT2D eigenvalue weighted by atomic mass is 10.2. The maximum Gasteiger partial charge on any atom is 0.280 e. The number of fused-ring (bicyclic) bond motifs is 1. The standard InChI is InChI=1S/C23H23FN6O2/c1-15-6-7-17(11-25-15)22(31)30-12-18(24)10-19(30)13-28-14-20(26-27-28)23(32)29-9-8-16-4-2-3-5-21(16)29/h2-7,11,14,18-19H,8-10,12-13H2,1H3/t18-,19-/m0/s1. The van der Waals surface area contributed by atoms with Gasteiger partial charge in [-0.15, -0.1) is 5.10 Å². The van der Waals surface area contributed by atoms with E-state index in [-0.39, 0.29) is 43.1 Å². The zero-order chi connectivity index (χ0) is 22.2. The number of halogens is 1. The van der Waals surface area contributed by atoms with Crippen LogP contribution in [0.15, 0.2) is 48.8 Å². The molecule has 0 N–H and O–H groups in total. The van der Waals surface area contributed by atoms with Gasteiger partial charge in [-0.05, 0) is 37.1 Å². The molecular formula is C23H23FN6O2. The number of rotatable bonds is 4. The minimum absolute atomic E-state index is 0.0302. The Bertz CT molecular complexity index is 1160. The molecule has 9 heteroatoms. The Hall–Kier alpha value is -3.62. The van der Waals surface area contributed by atoms with Gasteiger partial charge in [-0.3, -0.25) is 14.6 Å². The van der Waals surface area contributed by atoms with Crippen molar-refractivity contribution in [2.75, 3.05) is 18.0 Å². The first-order valence-electron chi connectivity index (χ1n) is 10.7. The monoisotopic (exact) mass is 434 g/mol. The molecule has 0 saturated carbocycles. The number of aromatic nitrogens is 4. The normalized spacial score (nSPS) is 19.9. The third-order valence-corrected chi connectivity index (χ3v) is 6.07. The van der Waals surface area contributed by atoms with E-state index < -0.39 is 6.17 Å². The minimum atomic E-state index is -1.10. The summed E-state index contributed by atoms with van der Waals surface area (Å²) in [5, 5.41) is 8.12. The zero-order valence-electron chi connectivity index (χ0n) is 17.7. The fraction of sp³-hybridized carbons (Fsp3) is 0.348. The van der Waals surface area contributed by atoms with Crippen molar-refractivity contribution in [1.82, 2.24) is 24.9 Å². The number of likely N-dealkylation sites (tertiary alicyclic amines) is 1. The summed E-state index contributed by atoms with van der Waals surface area (Å²) in [4.78, 5) is 33.3. The molecule has 2 aliphatic rings. The fourth-order valence-corrected chi connectivity index (χ4v) is 4.43. The van der Waals surface area contributed by atoms with E-state index in [1.165, 1.54) is 15.8 Å². The van der Waals surface area contributed by atoms with Gasteiger partial charge >= 0.3 is 0 Å². The molecule has 0 aliphatic carbocycles. The fourth-order valence-electron chi connectivity index (χ4n) is 4.43. The second-order valence-electron chi connectivity index (χ2n) is 8.29. The summed E-state index contributed by atoms with van der Waals surface area (Å²) in [6.07, 6.45) is 3.01. The van der Waals surface area contributed by atoms with Gasteiger partial charge in [0.1, 0.15) is 6.17 Å². The van der Waals surface area contributed by atoms with E-state index in [1.807, 2.05) is 31.2 Å². The van der Waals surface area contributed by atoms with Gasteiger partial charge in [-0.1, -0.05) is 23.4 Å². The molecule has 0 unspecified atom stereocenters. The number of hydrogen-bond acceptors (Lipinski definition) is 5. The molecule has 2 aromatic heterocycles. The van der Waals surface area contributed by atoms with Crippen LogP contribution in [-0.2, 0) is 13.0 Å². The van der Waals surface area contributed by atoms with Gasteiger partial charge in [0.15, 0.2) is 5.69 Å². The largest absolute Gasteiger partial charge is 0.331 e. The Morgan fingerprint density at radius 3 is 2.81 bits per heavy atom. The van der Waals surface area contributed by atoms with Crippen LogP contribution in [0.4, 0.5) is 10.1 Å². The number of anilines is 1. The molecule has 0 bridgehead atoms. The second kappa shape index (κ2) is 8.14. The molecule has 0 radical (unpaired) electrons. The van der Waals surface area contributed by atoms with E-state index in [9.17, 15) is 14.0 Å². The van der Waals surface area contributed by atoms with E-state index in [1.54, 1.807) is 23.2 Å². The molecule has 5 rings (SSSR count). The Morgan fingerprint density at radius 2 is 2.00 bits per heavy atom. The number of amides is 2. The number of alkyl halides is 1. The number of para-hydroxylation sites is 1. The van der Waals surface area contributed by atoms with Gasteiger partial charge in [0, 0.05) is 30.5 Å². The SMILES string of the molecule is Cc1ccc(C(=O)N2C[C@@H](F)C[C@H]2Cn2cc(C(=O)N3CCc4ccccc43)nn2)cn1. The average molecular weight is 434 g/mol. The lowest BCUT2D eigenvalue weighted by Crippen LogP contribution is -2.38. The number of nitrogens with zero attached hydrogens (tertiary/aromatic N) is 6. The van der Waals surface area contributed by atoms with Gasteiger partial charge in [0.05, 0.1) is 30.9 Å². The second-order valence-corrected chi connectivity index (χ2v) is 8.29. The van der Waals surface area contributed by atoms with Crippen molar-refractivity contribution in [3.8, 4) is 0 Å². The molecule has 3 aromatic rings. The smallest absolute Gasteiger partial charge is 0.280 e. The molecule has 2 atom stereocenters. The number of aryl methyl sites for hydroxylation is 1. The van der Waals surface area contributed by atoms with E-state index in [0.717, 1.165) is 23.4 Å². The summed E-state index contributed by atoms with van der Waals surface area (Å²) < 4.78 is 15.7. The van der Waals surface area contributed by atoms with Crippen LogP contribution in [-0.4, -0.2) is 62.0 Å². The summed E-state index contributed by atoms with van der Waals surface area (Å²) in [6, 6.07) is 10.9. The van der Waals surface area contributed by atoms with Crippen LogP contribution in [0.1, 0.15) is 38.5 Å². The predicted molar refractivity (Wildman–Crippen MR) is 115 cm³/mol. The van der Waals surface area contributed by atoms with Gasteiger partial charge in [0.2, 0.25) is 0 Å². The zero-order valence-corrected chi connectivity index (χ0v) is 17.7. The van der Waals surface area contributed by atoms with Crippen LogP contribution in [0, 0.1) is 6.92 Å². The van der Waals surface area contributed by atoms with Crippen molar-refractivity contribution < 1.29 is 14.0 Å². The first kappa shape index (κ1) is 20.3. The van der Waals surface area contributed by atoms with Crippen molar-refractivity contribution in [3.63, 3.8) is 0 Å². The molecule has 1 aromatic carbocycles. The van der Waals surface area contributed by atoms with Gasteiger partial charge in [-0.25, -0.2) is 9.07 Å². The number of hydrogen-bond donors (Lipinski definition) is 0. The Balaban J connectivity index is 1.30. The molecular weight excluding hydrogens is 411 g/mol. The van der Waals surface area contributed by atoms with E-state index in [4.69, 9.17) is 0 Å². The lowest BCUT2D eigenvalue weighted by molar-refractivity contribution is 0.0714. The molecule has 2 amide bonds.